The zero-order chi connectivity index (χ0) is 24.8. The molecular formula is C25H26N6O3S. The van der Waals surface area contributed by atoms with Crippen molar-refractivity contribution < 1.29 is 9.59 Å². The van der Waals surface area contributed by atoms with E-state index < -0.39 is 0 Å². The van der Waals surface area contributed by atoms with Crippen molar-refractivity contribution in [2.45, 2.75) is 31.5 Å². The molecule has 0 aliphatic rings. The Balaban J connectivity index is 1.46. The number of benzene rings is 2. The SMILES string of the molecule is Cc1cc(N)nn1C(=O)CSc1nc2ccccc2c(=O)n1CCC(=O)NCCc1ccccc1. The standard InChI is InChI=1S/C25H26N6O3S/c1-17-15-21(26)29-31(17)23(33)16-35-25-28-20-10-6-5-9-19(20)24(34)30(25)14-12-22(32)27-13-11-18-7-3-2-4-8-18/h2-10,15H,11-14,16H2,1H3,(H2,26,29)(H,27,32). The summed E-state index contributed by atoms with van der Waals surface area (Å²) in [7, 11) is 0. The van der Waals surface area contributed by atoms with Crippen molar-refractivity contribution in [3.63, 3.8) is 0 Å². The Kier molecular flexibility index (Phi) is 7.61. The summed E-state index contributed by atoms with van der Waals surface area (Å²) in [6.45, 7) is 2.40. The van der Waals surface area contributed by atoms with Crippen molar-refractivity contribution in [2.24, 2.45) is 0 Å². The topological polar surface area (TPSA) is 125 Å². The van der Waals surface area contributed by atoms with Crippen LogP contribution >= 0.6 is 11.8 Å². The van der Waals surface area contributed by atoms with Gasteiger partial charge in [0.1, 0.15) is 5.82 Å². The van der Waals surface area contributed by atoms with E-state index in [-0.39, 0.29) is 41.9 Å². The number of amides is 1. The van der Waals surface area contributed by atoms with Crippen LogP contribution in [0.3, 0.4) is 0 Å². The minimum absolute atomic E-state index is 0.00993. The van der Waals surface area contributed by atoms with Crippen molar-refractivity contribution in [1.82, 2.24) is 24.6 Å². The van der Waals surface area contributed by atoms with E-state index in [1.165, 1.54) is 9.25 Å². The molecule has 0 aliphatic heterocycles. The Hall–Kier alpha value is -3.92. The summed E-state index contributed by atoms with van der Waals surface area (Å²) in [5.41, 5.74) is 7.74. The normalized spacial score (nSPS) is 11.0. The van der Waals surface area contributed by atoms with Gasteiger partial charge in [0.2, 0.25) is 5.91 Å². The van der Waals surface area contributed by atoms with E-state index in [4.69, 9.17) is 5.73 Å². The molecule has 0 spiro atoms. The highest BCUT2D eigenvalue weighted by Crippen LogP contribution is 2.19. The molecule has 0 saturated carbocycles. The number of para-hydroxylation sites is 1. The first kappa shape index (κ1) is 24.2. The molecule has 0 atom stereocenters. The number of aryl methyl sites for hydroxylation is 1. The van der Waals surface area contributed by atoms with E-state index in [0.29, 0.717) is 28.3 Å². The Morgan fingerprint density at radius 2 is 1.83 bits per heavy atom. The van der Waals surface area contributed by atoms with Crippen molar-refractivity contribution >= 4 is 40.3 Å². The van der Waals surface area contributed by atoms with Crippen molar-refractivity contribution in [3.8, 4) is 0 Å². The first-order chi connectivity index (χ1) is 16.9. The second-order valence-electron chi connectivity index (χ2n) is 8.01. The third-order valence-corrected chi connectivity index (χ3v) is 6.40. The van der Waals surface area contributed by atoms with Gasteiger partial charge < -0.3 is 11.1 Å². The fourth-order valence-electron chi connectivity index (χ4n) is 3.69. The zero-order valence-corrected chi connectivity index (χ0v) is 20.1. The molecule has 180 valence electrons. The number of carbonyl (C=O) groups is 2. The van der Waals surface area contributed by atoms with Gasteiger partial charge in [-0.15, -0.1) is 5.10 Å². The highest BCUT2D eigenvalue weighted by molar-refractivity contribution is 7.99. The number of nitrogens with one attached hydrogen (secondary N) is 1. The fraction of sp³-hybridized carbons (Fsp3) is 0.240. The summed E-state index contributed by atoms with van der Waals surface area (Å²) < 4.78 is 2.70. The van der Waals surface area contributed by atoms with Gasteiger partial charge in [0.15, 0.2) is 5.16 Å². The van der Waals surface area contributed by atoms with Crippen molar-refractivity contribution in [2.75, 3.05) is 18.0 Å². The number of hydrogen-bond donors (Lipinski definition) is 2. The number of nitrogens with two attached hydrogens (primary N) is 1. The molecule has 2 aromatic heterocycles. The van der Waals surface area contributed by atoms with Gasteiger partial charge in [0.25, 0.3) is 11.5 Å². The molecular weight excluding hydrogens is 464 g/mol. The Bertz CT molecular complexity index is 1410. The molecule has 2 aromatic carbocycles. The predicted octanol–water partition coefficient (Wildman–Crippen LogP) is 2.67. The fourth-order valence-corrected chi connectivity index (χ4v) is 4.55. The Morgan fingerprint density at radius 3 is 2.57 bits per heavy atom. The van der Waals surface area contributed by atoms with Crippen LogP contribution in [0.15, 0.2) is 70.6 Å². The minimum atomic E-state index is -0.281. The first-order valence-electron chi connectivity index (χ1n) is 11.2. The van der Waals surface area contributed by atoms with Crippen LogP contribution in [-0.2, 0) is 17.8 Å². The molecule has 4 rings (SSSR count). The lowest BCUT2D eigenvalue weighted by Gasteiger charge is -2.13. The molecule has 0 aliphatic carbocycles. The molecule has 0 bridgehead atoms. The average Bonchev–Trinajstić information content (AvgIpc) is 3.20. The molecule has 4 aromatic rings. The summed E-state index contributed by atoms with van der Waals surface area (Å²) in [5.74, 6) is -0.164. The quantitative estimate of drug-likeness (QED) is 0.273. The highest BCUT2D eigenvalue weighted by atomic mass is 32.2. The molecule has 3 N–H and O–H groups in total. The highest BCUT2D eigenvalue weighted by Gasteiger charge is 2.16. The number of hydrogen-bond acceptors (Lipinski definition) is 7. The minimum Gasteiger partial charge on any atom is -0.382 e. The number of rotatable bonds is 9. The monoisotopic (exact) mass is 490 g/mol. The molecule has 0 radical (unpaired) electrons. The summed E-state index contributed by atoms with van der Waals surface area (Å²) in [5, 5.41) is 7.74. The van der Waals surface area contributed by atoms with Crippen LogP contribution in [0, 0.1) is 6.92 Å². The molecule has 35 heavy (non-hydrogen) atoms. The van der Waals surface area contributed by atoms with Crippen LogP contribution in [-0.4, -0.2) is 43.4 Å². The van der Waals surface area contributed by atoms with Gasteiger partial charge in [0, 0.05) is 31.3 Å². The predicted molar refractivity (Wildman–Crippen MR) is 137 cm³/mol. The van der Waals surface area contributed by atoms with Gasteiger partial charge >= 0.3 is 0 Å². The largest absolute Gasteiger partial charge is 0.382 e. The number of fused-ring (bicyclic) bond motifs is 1. The van der Waals surface area contributed by atoms with E-state index >= 15 is 0 Å². The van der Waals surface area contributed by atoms with Crippen molar-refractivity contribution in [1.29, 1.82) is 0 Å². The van der Waals surface area contributed by atoms with E-state index in [1.807, 2.05) is 30.3 Å². The number of anilines is 1. The lowest BCUT2D eigenvalue weighted by atomic mass is 10.1. The first-order valence-corrected chi connectivity index (χ1v) is 12.2. The number of nitrogen functional groups attached to an aromatic ring is 1. The van der Waals surface area contributed by atoms with Crippen LogP contribution in [0.1, 0.15) is 22.5 Å². The lowest BCUT2D eigenvalue weighted by Crippen LogP contribution is -2.30. The van der Waals surface area contributed by atoms with Gasteiger partial charge in [-0.1, -0.05) is 54.2 Å². The average molecular weight is 491 g/mol. The van der Waals surface area contributed by atoms with E-state index in [1.54, 1.807) is 37.3 Å². The van der Waals surface area contributed by atoms with Gasteiger partial charge in [-0.2, -0.15) is 0 Å². The van der Waals surface area contributed by atoms with E-state index in [2.05, 4.69) is 15.4 Å². The molecule has 9 nitrogen and oxygen atoms in total. The second-order valence-corrected chi connectivity index (χ2v) is 8.95. The number of aromatic nitrogens is 4. The van der Waals surface area contributed by atoms with Crippen molar-refractivity contribution in [3.05, 3.63) is 82.3 Å². The molecule has 2 heterocycles. The zero-order valence-electron chi connectivity index (χ0n) is 19.3. The van der Waals surface area contributed by atoms with Gasteiger partial charge in [-0.3, -0.25) is 19.0 Å². The van der Waals surface area contributed by atoms with Gasteiger partial charge in [-0.25, -0.2) is 9.67 Å². The maximum atomic E-state index is 13.2. The maximum absolute atomic E-state index is 13.2. The third kappa shape index (κ3) is 5.96. The number of thioether (sulfide) groups is 1. The van der Waals surface area contributed by atoms with Gasteiger partial charge in [-0.05, 0) is 31.0 Å². The second kappa shape index (κ2) is 11.0. The molecule has 10 heteroatoms. The third-order valence-electron chi connectivity index (χ3n) is 5.44. The summed E-state index contributed by atoms with van der Waals surface area (Å²) >= 11 is 1.13. The van der Waals surface area contributed by atoms with Crippen LogP contribution < -0.4 is 16.6 Å². The molecule has 0 saturated heterocycles. The van der Waals surface area contributed by atoms with Crippen LogP contribution in [0.4, 0.5) is 5.82 Å². The van der Waals surface area contributed by atoms with E-state index in [9.17, 15) is 14.4 Å². The summed E-state index contributed by atoms with van der Waals surface area (Å²) in [6.07, 6.45) is 0.843. The lowest BCUT2D eigenvalue weighted by molar-refractivity contribution is -0.121. The molecule has 0 unspecified atom stereocenters. The Labute approximate surface area is 206 Å². The van der Waals surface area contributed by atoms with Crippen LogP contribution in [0.25, 0.3) is 10.9 Å². The maximum Gasteiger partial charge on any atom is 0.262 e. The smallest absolute Gasteiger partial charge is 0.262 e. The number of carbonyl (C=O) groups excluding carboxylic acids is 2. The van der Waals surface area contributed by atoms with Crippen LogP contribution in [0.5, 0.6) is 0 Å². The summed E-state index contributed by atoms with van der Waals surface area (Å²) in [6, 6.07) is 18.5. The van der Waals surface area contributed by atoms with Gasteiger partial charge in [0.05, 0.1) is 16.7 Å². The Morgan fingerprint density at radius 1 is 1.09 bits per heavy atom. The van der Waals surface area contributed by atoms with Crippen LogP contribution in [0.2, 0.25) is 0 Å². The summed E-state index contributed by atoms with van der Waals surface area (Å²) in [4.78, 5) is 42.9. The number of nitrogens with zero attached hydrogens (tertiary/aromatic N) is 4. The molecule has 0 fully saturated rings. The van der Waals surface area contributed by atoms with E-state index in [0.717, 1.165) is 23.7 Å². The molecule has 1 amide bonds.